The molecular formula is C28H36F3N5O4. The molecule has 0 bridgehead atoms. The smallest absolute Gasteiger partial charge is 0.423 e. The van der Waals surface area contributed by atoms with Gasteiger partial charge in [0.25, 0.3) is 5.69 Å². The molecule has 1 saturated carbocycles. The van der Waals surface area contributed by atoms with E-state index in [9.17, 15) is 28.1 Å². The Labute approximate surface area is 231 Å². The summed E-state index contributed by atoms with van der Waals surface area (Å²) in [4.78, 5) is 30.9. The van der Waals surface area contributed by atoms with Crippen LogP contribution in [0.15, 0.2) is 36.5 Å². The second kappa shape index (κ2) is 11.9. The number of nitrogens with zero attached hydrogens (tertiary/aromatic N) is 4. The zero-order valence-electron chi connectivity index (χ0n) is 23.0. The zero-order chi connectivity index (χ0) is 29.1. The van der Waals surface area contributed by atoms with Gasteiger partial charge in [0.05, 0.1) is 4.92 Å². The van der Waals surface area contributed by atoms with Crippen LogP contribution in [0.2, 0.25) is 0 Å². The Morgan fingerprint density at radius 2 is 1.75 bits per heavy atom. The van der Waals surface area contributed by atoms with E-state index in [4.69, 9.17) is 4.74 Å². The molecule has 9 nitrogen and oxygen atoms in total. The van der Waals surface area contributed by atoms with E-state index in [0.717, 1.165) is 55.6 Å². The molecule has 0 radical (unpaired) electrons. The van der Waals surface area contributed by atoms with Crippen molar-refractivity contribution in [2.75, 3.05) is 36.4 Å². The summed E-state index contributed by atoms with van der Waals surface area (Å²) in [6.07, 6.45) is 0.908. The molecule has 1 aromatic heterocycles. The maximum absolute atomic E-state index is 13.3. The first kappa shape index (κ1) is 29.4. The van der Waals surface area contributed by atoms with Crippen molar-refractivity contribution in [2.45, 2.75) is 70.7 Å². The number of pyridine rings is 1. The van der Waals surface area contributed by atoms with Gasteiger partial charge in [0, 0.05) is 61.6 Å². The predicted molar refractivity (Wildman–Crippen MR) is 145 cm³/mol. The summed E-state index contributed by atoms with van der Waals surface area (Å²) in [6.45, 7) is 8.15. The van der Waals surface area contributed by atoms with E-state index in [1.807, 2.05) is 33.0 Å². The fraction of sp³-hybridized carbons (Fsp3) is 0.571. The predicted octanol–water partition coefficient (Wildman–Crippen LogP) is 6.28. The Morgan fingerprint density at radius 3 is 2.35 bits per heavy atom. The molecule has 2 heterocycles. The number of halogens is 3. The molecule has 2 aliphatic rings. The van der Waals surface area contributed by atoms with Crippen LogP contribution in [0.5, 0.6) is 0 Å². The number of ether oxygens (including phenoxy) is 1. The van der Waals surface area contributed by atoms with Gasteiger partial charge < -0.3 is 19.9 Å². The van der Waals surface area contributed by atoms with Crippen LogP contribution in [0, 0.1) is 16.0 Å². The van der Waals surface area contributed by atoms with Gasteiger partial charge in [-0.1, -0.05) is 0 Å². The minimum Gasteiger partial charge on any atom is -0.444 e. The maximum atomic E-state index is 13.3. The number of alkyl halides is 3. The lowest BCUT2D eigenvalue weighted by Gasteiger charge is -2.37. The summed E-state index contributed by atoms with van der Waals surface area (Å²) in [5, 5.41) is 14.1. The fourth-order valence-electron chi connectivity index (χ4n) is 5.30. The number of rotatable bonds is 6. The number of nitro groups is 1. The van der Waals surface area contributed by atoms with Gasteiger partial charge >= 0.3 is 12.3 Å². The molecular weight excluding hydrogens is 527 g/mol. The highest BCUT2D eigenvalue weighted by atomic mass is 19.4. The molecule has 40 heavy (non-hydrogen) atoms. The first-order valence-electron chi connectivity index (χ1n) is 13.6. The molecule has 1 N–H and O–H groups in total. The number of anilines is 2. The molecule has 1 aliphatic heterocycles. The first-order chi connectivity index (χ1) is 18.8. The number of benzene rings is 1. The highest BCUT2D eigenvalue weighted by molar-refractivity contribution is 5.68. The molecule has 1 saturated heterocycles. The van der Waals surface area contributed by atoms with E-state index < -0.39 is 28.0 Å². The van der Waals surface area contributed by atoms with E-state index in [1.54, 1.807) is 4.90 Å². The van der Waals surface area contributed by atoms with E-state index in [-0.39, 0.29) is 17.8 Å². The lowest BCUT2D eigenvalue weighted by Crippen LogP contribution is -2.50. The largest absolute Gasteiger partial charge is 0.444 e. The van der Waals surface area contributed by atoms with Crippen LogP contribution in [0.1, 0.15) is 57.7 Å². The molecule has 2 aromatic rings. The Balaban J connectivity index is 1.28. The normalized spacial score (nSPS) is 20.2. The number of piperazine rings is 1. The molecule has 0 unspecified atom stereocenters. The van der Waals surface area contributed by atoms with Crippen molar-refractivity contribution in [2.24, 2.45) is 5.92 Å². The molecule has 1 amide bonds. The first-order valence-corrected chi connectivity index (χ1v) is 13.6. The van der Waals surface area contributed by atoms with Crippen molar-refractivity contribution < 1.29 is 27.6 Å². The third-order valence-corrected chi connectivity index (χ3v) is 7.31. The highest BCUT2D eigenvalue weighted by Crippen LogP contribution is 2.38. The third-order valence-electron chi connectivity index (χ3n) is 7.31. The lowest BCUT2D eigenvalue weighted by atomic mass is 9.83. The van der Waals surface area contributed by atoms with Crippen LogP contribution in [0.4, 0.5) is 35.0 Å². The minimum absolute atomic E-state index is 0.000600. The van der Waals surface area contributed by atoms with Gasteiger partial charge in [0.1, 0.15) is 11.2 Å². The number of hydrogen-bond acceptors (Lipinski definition) is 7. The number of amides is 1. The quantitative estimate of drug-likeness (QED) is 0.326. The van der Waals surface area contributed by atoms with E-state index >= 15 is 0 Å². The van der Waals surface area contributed by atoms with E-state index in [2.05, 4.69) is 21.3 Å². The van der Waals surface area contributed by atoms with Crippen LogP contribution >= 0.6 is 0 Å². The SMILES string of the molecule is CC(C)(C)OC(=O)N1CCN(c2ccnc(C[C@H]3CC[C@H](Nc4ccc([N+](=O)[O-])c(C(F)(F)F)c4)CC3)c2)CC1. The summed E-state index contributed by atoms with van der Waals surface area (Å²) in [6, 6.07) is 7.15. The summed E-state index contributed by atoms with van der Waals surface area (Å²) < 4.78 is 45.4. The monoisotopic (exact) mass is 563 g/mol. The number of carbonyl (C=O) groups is 1. The average molecular weight is 564 g/mol. The fourth-order valence-corrected chi connectivity index (χ4v) is 5.30. The molecule has 0 spiro atoms. The molecule has 2 fully saturated rings. The van der Waals surface area contributed by atoms with Gasteiger partial charge in [-0.3, -0.25) is 15.1 Å². The van der Waals surface area contributed by atoms with Crippen LogP contribution < -0.4 is 10.2 Å². The van der Waals surface area contributed by atoms with Crippen molar-refractivity contribution in [1.82, 2.24) is 9.88 Å². The van der Waals surface area contributed by atoms with Crippen molar-refractivity contribution in [3.63, 3.8) is 0 Å². The topological polar surface area (TPSA) is 101 Å². The maximum Gasteiger partial charge on any atom is 0.423 e. The Morgan fingerprint density at radius 1 is 1.07 bits per heavy atom. The van der Waals surface area contributed by atoms with Crippen molar-refractivity contribution >= 4 is 23.2 Å². The van der Waals surface area contributed by atoms with Gasteiger partial charge in [-0.05, 0) is 83.1 Å². The molecule has 1 aromatic carbocycles. The van der Waals surface area contributed by atoms with E-state index in [0.29, 0.717) is 32.1 Å². The van der Waals surface area contributed by atoms with Gasteiger partial charge in [-0.2, -0.15) is 13.2 Å². The van der Waals surface area contributed by atoms with Gasteiger partial charge in [0.15, 0.2) is 0 Å². The number of nitro benzene ring substituents is 1. The third kappa shape index (κ3) is 7.76. The minimum atomic E-state index is -4.80. The molecule has 1 aliphatic carbocycles. The summed E-state index contributed by atoms with van der Waals surface area (Å²) >= 11 is 0. The van der Waals surface area contributed by atoms with Crippen molar-refractivity contribution in [3.05, 3.63) is 57.9 Å². The second-order valence-electron chi connectivity index (χ2n) is 11.5. The number of hydrogen-bond donors (Lipinski definition) is 1. The van der Waals surface area contributed by atoms with Crippen LogP contribution in [0.25, 0.3) is 0 Å². The number of aromatic nitrogens is 1. The number of carbonyl (C=O) groups excluding carboxylic acids is 1. The van der Waals surface area contributed by atoms with Gasteiger partial charge in [-0.15, -0.1) is 0 Å². The molecule has 4 rings (SSSR count). The summed E-state index contributed by atoms with van der Waals surface area (Å²) in [5.41, 5.74) is -0.404. The molecule has 12 heteroatoms. The summed E-state index contributed by atoms with van der Waals surface area (Å²) in [5.74, 6) is 0.410. The zero-order valence-corrected chi connectivity index (χ0v) is 23.0. The van der Waals surface area contributed by atoms with Crippen molar-refractivity contribution in [3.8, 4) is 0 Å². The molecule has 218 valence electrons. The standard InChI is InChI=1S/C28H36F3N5O4/c1-27(2,3)40-26(37)35-14-12-34(13-15-35)23-10-11-32-22(17-23)16-19-4-6-20(7-5-19)33-21-8-9-25(36(38)39)24(18-21)28(29,30)31/h8-11,17-20,33H,4-7,12-16H2,1-3H3/t19-,20-. The Bertz CT molecular complexity index is 1200. The Kier molecular flexibility index (Phi) is 8.74. The van der Waals surface area contributed by atoms with Crippen molar-refractivity contribution in [1.29, 1.82) is 0 Å². The van der Waals surface area contributed by atoms with Crippen LogP contribution in [-0.4, -0.2) is 58.7 Å². The van der Waals surface area contributed by atoms with Gasteiger partial charge in [0.2, 0.25) is 0 Å². The summed E-state index contributed by atoms with van der Waals surface area (Å²) in [7, 11) is 0. The number of nitrogens with one attached hydrogen (secondary N) is 1. The van der Waals surface area contributed by atoms with Gasteiger partial charge in [-0.25, -0.2) is 4.79 Å². The average Bonchev–Trinajstić information content (AvgIpc) is 2.88. The second-order valence-corrected chi connectivity index (χ2v) is 11.5. The highest BCUT2D eigenvalue weighted by Gasteiger charge is 2.38. The van der Waals surface area contributed by atoms with Crippen LogP contribution in [0.3, 0.4) is 0 Å². The van der Waals surface area contributed by atoms with Crippen LogP contribution in [-0.2, 0) is 17.3 Å². The Hall–Kier alpha value is -3.57. The molecule has 0 atom stereocenters. The van der Waals surface area contributed by atoms with E-state index in [1.165, 1.54) is 6.07 Å². The lowest BCUT2D eigenvalue weighted by molar-refractivity contribution is -0.388.